The van der Waals surface area contributed by atoms with E-state index in [1.165, 1.54) is 23.8 Å². The number of nitrogens with one attached hydrogen (secondary N) is 1. The molecule has 1 fully saturated rings. The highest BCUT2D eigenvalue weighted by atomic mass is 16.6. The highest BCUT2D eigenvalue weighted by molar-refractivity contribution is 5.73. The lowest BCUT2D eigenvalue weighted by atomic mass is 9.95. The first kappa shape index (κ1) is 22.9. The number of carbonyl (C=O) groups excluding carboxylic acids is 2. The topological polar surface area (TPSA) is 64.6 Å². The Morgan fingerprint density at radius 1 is 1.06 bits per heavy atom. The van der Waals surface area contributed by atoms with E-state index in [1.807, 2.05) is 45.9 Å². The van der Waals surface area contributed by atoms with E-state index in [9.17, 15) is 9.59 Å². The number of carbonyl (C=O) groups is 2. The molecule has 3 atom stereocenters. The number of rotatable bonds is 7. The molecule has 31 heavy (non-hydrogen) atoms. The number of amides is 1. The summed E-state index contributed by atoms with van der Waals surface area (Å²) in [6.45, 7) is 7.37. The first-order valence-electron chi connectivity index (χ1n) is 10.9. The van der Waals surface area contributed by atoms with Crippen LogP contribution in [-0.2, 0) is 20.7 Å². The minimum absolute atomic E-state index is 0.245. The van der Waals surface area contributed by atoms with Gasteiger partial charge in [-0.25, -0.2) is 4.79 Å². The zero-order valence-electron chi connectivity index (χ0n) is 19.1. The molecule has 0 saturated heterocycles. The van der Waals surface area contributed by atoms with E-state index >= 15 is 0 Å². The third-order valence-corrected chi connectivity index (χ3v) is 5.80. The van der Waals surface area contributed by atoms with Crippen LogP contribution in [0.25, 0.3) is 11.1 Å². The number of hydrogen-bond donors (Lipinski definition) is 1. The Kier molecular flexibility index (Phi) is 6.73. The van der Waals surface area contributed by atoms with E-state index in [1.54, 1.807) is 0 Å². The molecule has 1 saturated carbocycles. The van der Waals surface area contributed by atoms with Crippen LogP contribution in [0, 0.1) is 11.8 Å². The van der Waals surface area contributed by atoms with Crippen LogP contribution in [0.1, 0.15) is 46.1 Å². The van der Waals surface area contributed by atoms with Gasteiger partial charge >= 0.3 is 12.1 Å². The Morgan fingerprint density at radius 2 is 1.68 bits per heavy atom. The molecule has 0 radical (unpaired) electrons. The number of methoxy groups -OCH3 is 1. The van der Waals surface area contributed by atoms with E-state index in [-0.39, 0.29) is 17.8 Å². The maximum absolute atomic E-state index is 12.5. The van der Waals surface area contributed by atoms with E-state index < -0.39 is 17.2 Å². The van der Waals surface area contributed by atoms with Gasteiger partial charge in [0.2, 0.25) is 0 Å². The second-order valence-electron chi connectivity index (χ2n) is 9.58. The summed E-state index contributed by atoms with van der Waals surface area (Å²) in [5.74, 6) is -0.316. The summed E-state index contributed by atoms with van der Waals surface area (Å²) in [6.07, 6.45) is 1.74. The van der Waals surface area contributed by atoms with Crippen LogP contribution in [-0.4, -0.2) is 30.3 Å². The zero-order valence-corrected chi connectivity index (χ0v) is 19.1. The Labute approximate surface area is 185 Å². The fourth-order valence-corrected chi connectivity index (χ4v) is 4.19. The smallest absolute Gasteiger partial charge is 0.408 e. The molecule has 0 spiro atoms. The summed E-state index contributed by atoms with van der Waals surface area (Å²) in [7, 11) is 1.39. The van der Waals surface area contributed by atoms with Gasteiger partial charge in [0.1, 0.15) is 5.60 Å². The van der Waals surface area contributed by atoms with Crippen molar-refractivity contribution in [2.24, 2.45) is 11.8 Å². The number of benzene rings is 2. The lowest BCUT2D eigenvalue weighted by molar-refractivity contribution is -0.145. The van der Waals surface area contributed by atoms with Crippen molar-refractivity contribution in [1.82, 2.24) is 5.32 Å². The molecule has 5 nitrogen and oxygen atoms in total. The molecule has 3 rings (SSSR count). The molecule has 0 aromatic heterocycles. The summed E-state index contributed by atoms with van der Waals surface area (Å²) < 4.78 is 10.4. The molecule has 1 aliphatic carbocycles. The molecule has 2 unspecified atom stereocenters. The van der Waals surface area contributed by atoms with Gasteiger partial charge in [-0.15, -0.1) is 0 Å². The minimum atomic E-state index is -0.573. The first-order chi connectivity index (χ1) is 14.6. The molecule has 5 heteroatoms. The molecule has 2 aromatic carbocycles. The van der Waals surface area contributed by atoms with Crippen molar-refractivity contribution in [3.63, 3.8) is 0 Å². The Morgan fingerprint density at radius 3 is 2.26 bits per heavy atom. The third-order valence-electron chi connectivity index (χ3n) is 5.80. The van der Waals surface area contributed by atoms with Crippen LogP contribution in [0.2, 0.25) is 0 Å². The fraction of sp³-hybridized carbons (Fsp3) is 0.462. The normalized spacial score (nSPS) is 21.1. The lowest BCUT2D eigenvalue weighted by Gasteiger charge is -2.26. The number of ether oxygens (including phenoxy) is 2. The number of hydrogen-bond acceptors (Lipinski definition) is 4. The Hall–Kier alpha value is -2.82. The third kappa shape index (κ3) is 6.09. The second-order valence-corrected chi connectivity index (χ2v) is 9.58. The van der Waals surface area contributed by atoms with Gasteiger partial charge in [0.15, 0.2) is 0 Å². The van der Waals surface area contributed by atoms with Crippen molar-refractivity contribution in [3.8, 4) is 11.1 Å². The van der Waals surface area contributed by atoms with Crippen LogP contribution in [0.15, 0.2) is 54.6 Å². The van der Waals surface area contributed by atoms with Crippen molar-refractivity contribution < 1.29 is 19.1 Å². The number of esters is 1. The average molecular weight is 424 g/mol. The van der Waals surface area contributed by atoms with Gasteiger partial charge in [-0.05, 0) is 62.6 Å². The predicted octanol–water partition coefficient (Wildman–Crippen LogP) is 5.38. The van der Waals surface area contributed by atoms with Crippen molar-refractivity contribution in [2.75, 3.05) is 7.11 Å². The van der Waals surface area contributed by atoms with Gasteiger partial charge in [0.05, 0.1) is 13.0 Å². The Balaban J connectivity index is 1.70. The van der Waals surface area contributed by atoms with E-state index in [4.69, 9.17) is 9.47 Å². The highest BCUT2D eigenvalue weighted by Crippen LogP contribution is 2.50. The van der Waals surface area contributed by atoms with Gasteiger partial charge in [0, 0.05) is 5.54 Å². The Bertz CT molecular complexity index is 901. The molecule has 1 N–H and O–H groups in total. The standard InChI is InChI=1S/C26H33NO4/c1-18(23(28)30-5)16-26(27-24(29)31-25(2,3)4)17-22(26)15-19-11-13-21(14-12-19)20-9-7-6-8-10-20/h6-14,18,22H,15-17H2,1-5H3,(H,27,29)/t18?,22-,26?/m1/s1. The molecular formula is C26H33NO4. The molecule has 1 aliphatic rings. The van der Waals surface area contributed by atoms with Crippen molar-refractivity contribution >= 4 is 12.1 Å². The molecule has 166 valence electrons. The monoisotopic (exact) mass is 423 g/mol. The van der Waals surface area contributed by atoms with E-state index in [2.05, 4.69) is 41.7 Å². The first-order valence-corrected chi connectivity index (χ1v) is 10.9. The zero-order chi connectivity index (χ0) is 22.6. The largest absolute Gasteiger partial charge is 0.469 e. The van der Waals surface area contributed by atoms with Crippen molar-refractivity contribution in [2.45, 2.75) is 58.1 Å². The second kappa shape index (κ2) is 9.13. The summed E-state index contributed by atoms with van der Waals surface area (Å²) >= 11 is 0. The maximum Gasteiger partial charge on any atom is 0.408 e. The van der Waals surface area contributed by atoms with Gasteiger partial charge in [-0.1, -0.05) is 61.5 Å². The SMILES string of the molecule is COC(=O)C(C)CC1(NC(=O)OC(C)(C)C)C[C@H]1Cc1ccc(-c2ccccc2)cc1. The summed E-state index contributed by atoms with van der Waals surface area (Å²) in [5.41, 5.74) is 2.56. The number of alkyl carbamates (subject to hydrolysis) is 1. The summed E-state index contributed by atoms with van der Waals surface area (Å²) in [6, 6.07) is 18.8. The average Bonchev–Trinajstić information content (AvgIpc) is 3.37. The van der Waals surface area contributed by atoms with E-state index in [0.717, 1.165) is 12.8 Å². The summed E-state index contributed by atoms with van der Waals surface area (Å²) in [4.78, 5) is 24.5. The van der Waals surface area contributed by atoms with Crippen LogP contribution in [0.5, 0.6) is 0 Å². The van der Waals surface area contributed by atoms with Crippen molar-refractivity contribution in [1.29, 1.82) is 0 Å². The fourth-order valence-electron chi connectivity index (χ4n) is 4.19. The molecule has 0 aliphatic heterocycles. The molecule has 1 amide bonds. The van der Waals surface area contributed by atoms with Crippen LogP contribution < -0.4 is 5.32 Å². The van der Waals surface area contributed by atoms with E-state index in [0.29, 0.717) is 6.42 Å². The van der Waals surface area contributed by atoms with Crippen LogP contribution in [0.3, 0.4) is 0 Å². The minimum Gasteiger partial charge on any atom is -0.469 e. The maximum atomic E-state index is 12.5. The van der Waals surface area contributed by atoms with Crippen LogP contribution >= 0.6 is 0 Å². The van der Waals surface area contributed by atoms with Gasteiger partial charge in [0.25, 0.3) is 0 Å². The molecular weight excluding hydrogens is 390 g/mol. The van der Waals surface area contributed by atoms with Crippen molar-refractivity contribution in [3.05, 3.63) is 60.2 Å². The predicted molar refractivity (Wildman–Crippen MR) is 122 cm³/mol. The molecule has 0 heterocycles. The van der Waals surface area contributed by atoms with Gasteiger partial charge in [-0.3, -0.25) is 4.79 Å². The van der Waals surface area contributed by atoms with Crippen LogP contribution in [0.4, 0.5) is 4.79 Å². The van der Waals surface area contributed by atoms with Gasteiger partial charge in [-0.2, -0.15) is 0 Å². The molecule has 0 bridgehead atoms. The molecule has 2 aromatic rings. The quantitative estimate of drug-likeness (QED) is 0.608. The summed E-state index contributed by atoms with van der Waals surface area (Å²) in [5, 5.41) is 3.07. The lowest BCUT2D eigenvalue weighted by Crippen LogP contribution is -2.43. The highest BCUT2D eigenvalue weighted by Gasteiger charge is 2.56. The van der Waals surface area contributed by atoms with Gasteiger partial charge < -0.3 is 14.8 Å².